The number of nitrogens with two attached hydrogens (primary N) is 1. The van der Waals surface area contributed by atoms with Crippen LogP contribution in [0.1, 0.15) is 23.2 Å². The number of anilines is 1. The number of aromatic nitrogens is 1. The van der Waals surface area contributed by atoms with Crippen LogP contribution in [0.3, 0.4) is 0 Å². The quantitative estimate of drug-likeness (QED) is 0.798. The van der Waals surface area contributed by atoms with Gasteiger partial charge in [0.2, 0.25) is 0 Å². The van der Waals surface area contributed by atoms with Crippen molar-refractivity contribution in [1.29, 1.82) is 10.5 Å². The van der Waals surface area contributed by atoms with Gasteiger partial charge in [-0.2, -0.15) is 10.5 Å². The van der Waals surface area contributed by atoms with Gasteiger partial charge >= 0.3 is 0 Å². The summed E-state index contributed by atoms with van der Waals surface area (Å²) in [5, 5.41) is 17.1. The van der Waals surface area contributed by atoms with Crippen LogP contribution in [0.15, 0.2) is 6.20 Å². The highest BCUT2D eigenvalue weighted by Gasteiger charge is 2.18. The molecule has 15 heavy (non-hydrogen) atoms. The van der Waals surface area contributed by atoms with Gasteiger partial charge < -0.3 is 5.73 Å². The highest BCUT2D eigenvalue weighted by atomic mass is 19.3. The second-order valence-corrected chi connectivity index (χ2v) is 2.70. The Labute approximate surface area is 84.6 Å². The van der Waals surface area contributed by atoms with Gasteiger partial charge in [-0.1, -0.05) is 0 Å². The fraction of sp³-hybridized carbons (Fsp3) is 0.222. The molecule has 0 unspecified atom stereocenters. The molecule has 4 nitrogen and oxygen atoms in total. The van der Waals surface area contributed by atoms with Crippen molar-refractivity contribution in [1.82, 2.24) is 4.98 Å². The summed E-state index contributed by atoms with van der Waals surface area (Å²) < 4.78 is 24.8. The van der Waals surface area contributed by atoms with Crippen LogP contribution in [0.25, 0.3) is 0 Å². The third-order valence-electron chi connectivity index (χ3n) is 1.82. The van der Waals surface area contributed by atoms with E-state index in [2.05, 4.69) is 4.98 Å². The van der Waals surface area contributed by atoms with Crippen LogP contribution in [0.2, 0.25) is 0 Å². The van der Waals surface area contributed by atoms with Gasteiger partial charge in [0.1, 0.15) is 6.07 Å². The molecule has 1 rings (SSSR count). The molecular weight excluding hydrogens is 202 g/mol. The maximum atomic E-state index is 12.4. The molecule has 1 heterocycles. The van der Waals surface area contributed by atoms with Gasteiger partial charge in [0.25, 0.3) is 6.43 Å². The van der Waals surface area contributed by atoms with Gasteiger partial charge in [-0.25, -0.2) is 8.78 Å². The third-order valence-corrected chi connectivity index (χ3v) is 1.82. The lowest BCUT2D eigenvalue weighted by atomic mass is 10.1. The third kappa shape index (κ3) is 2.00. The maximum absolute atomic E-state index is 12.4. The first-order valence-corrected chi connectivity index (χ1v) is 3.94. The molecule has 1 aromatic heterocycles. The average Bonchev–Trinajstić information content (AvgIpc) is 2.20. The summed E-state index contributed by atoms with van der Waals surface area (Å²) in [5.41, 5.74) is 4.65. The fourth-order valence-corrected chi connectivity index (χ4v) is 1.09. The molecule has 0 fully saturated rings. The summed E-state index contributed by atoms with van der Waals surface area (Å²) >= 11 is 0. The SMILES string of the molecule is N#CCc1ncc(C(F)F)c(C#N)c1N. The molecule has 0 aromatic carbocycles. The van der Waals surface area contributed by atoms with E-state index < -0.39 is 12.0 Å². The Bertz CT molecular complexity index is 456. The first-order chi connectivity index (χ1) is 7.11. The van der Waals surface area contributed by atoms with E-state index in [1.807, 2.05) is 0 Å². The number of pyridine rings is 1. The van der Waals surface area contributed by atoms with Crippen molar-refractivity contribution in [3.05, 3.63) is 23.0 Å². The monoisotopic (exact) mass is 208 g/mol. The standard InChI is InChI=1S/C9H6F2N4/c10-9(11)6-4-15-7(1-2-12)8(14)5(6)3-13/h4,9H,1,14H2. The molecule has 0 spiro atoms. The van der Waals surface area contributed by atoms with Gasteiger partial charge in [-0.15, -0.1) is 0 Å². The zero-order valence-electron chi connectivity index (χ0n) is 7.54. The summed E-state index contributed by atoms with van der Waals surface area (Å²) in [6, 6.07) is 3.38. The van der Waals surface area contributed by atoms with Crippen molar-refractivity contribution in [2.45, 2.75) is 12.8 Å². The van der Waals surface area contributed by atoms with Crippen molar-refractivity contribution in [3.8, 4) is 12.1 Å². The lowest BCUT2D eigenvalue weighted by Gasteiger charge is -2.07. The Morgan fingerprint density at radius 3 is 2.60 bits per heavy atom. The van der Waals surface area contributed by atoms with Crippen LogP contribution >= 0.6 is 0 Å². The highest BCUT2D eigenvalue weighted by Crippen LogP contribution is 2.27. The molecule has 0 radical (unpaired) electrons. The summed E-state index contributed by atoms with van der Waals surface area (Å²) in [6.45, 7) is 0. The number of rotatable bonds is 2. The molecule has 2 N–H and O–H groups in total. The van der Waals surface area contributed by atoms with Crippen molar-refractivity contribution in [2.75, 3.05) is 5.73 Å². The van der Waals surface area contributed by atoms with E-state index in [0.717, 1.165) is 6.20 Å². The van der Waals surface area contributed by atoms with Crippen molar-refractivity contribution in [3.63, 3.8) is 0 Å². The zero-order chi connectivity index (χ0) is 11.4. The largest absolute Gasteiger partial charge is 0.396 e. The van der Waals surface area contributed by atoms with E-state index in [1.165, 1.54) is 0 Å². The Morgan fingerprint density at radius 2 is 2.13 bits per heavy atom. The van der Waals surface area contributed by atoms with Gasteiger partial charge in [0, 0.05) is 6.20 Å². The molecule has 1 aromatic rings. The molecule has 0 atom stereocenters. The number of alkyl halides is 2. The van der Waals surface area contributed by atoms with Crippen LogP contribution in [0.5, 0.6) is 0 Å². The fourth-order valence-electron chi connectivity index (χ4n) is 1.09. The molecule has 0 saturated carbocycles. The predicted octanol–water partition coefficient (Wildman–Crippen LogP) is 1.54. The van der Waals surface area contributed by atoms with E-state index in [1.54, 1.807) is 12.1 Å². The molecule has 0 amide bonds. The number of nitrogens with zero attached hydrogens (tertiary/aromatic N) is 3. The average molecular weight is 208 g/mol. The molecule has 76 valence electrons. The lowest BCUT2D eigenvalue weighted by Crippen LogP contribution is -2.04. The van der Waals surface area contributed by atoms with E-state index in [-0.39, 0.29) is 23.4 Å². The van der Waals surface area contributed by atoms with Gasteiger partial charge in [0.05, 0.1) is 35.0 Å². The molecule has 0 saturated heterocycles. The van der Waals surface area contributed by atoms with Crippen LogP contribution < -0.4 is 5.73 Å². The Kier molecular flexibility index (Phi) is 3.14. The molecule has 0 aliphatic heterocycles. The second kappa shape index (κ2) is 4.34. The summed E-state index contributed by atoms with van der Waals surface area (Å²) in [7, 11) is 0. The zero-order valence-corrected chi connectivity index (χ0v) is 7.54. The maximum Gasteiger partial charge on any atom is 0.266 e. The molecule has 0 bridgehead atoms. The van der Waals surface area contributed by atoms with E-state index in [4.69, 9.17) is 16.3 Å². The normalized spacial score (nSPS) is 9.67. The molecule has 6 heteroatoms. The minimum atomic E-state index is -2.80. The predicted molar refractivity (Wildman–Crippen MR) is 47.6 cm³/mol. The number of nitrogen functional groups attached to an aromatic ring is 1. The first kappa shape index (κ1) is 10.9. The first-order valence-electron chi connectivity index (χ1n) is 3.94. The Balaban J connectivity index is 3.36. The van der Waals surface area contributed by atoms with Crippen LogP contribution in [-0.4, -0.2) is 4.98 Å². The smallest absolute Gasteiger partial charge is 0.266 e. The van der Waals surface area contributed by atoms with Gasteiger partial charge in [-0.05, 0) is 0 Å². The minimum Gasteiger partial charge on any atom is -0.396 e. The second-order valence-electron chi connectivity index (χ2n) is 2.70. The van der Waals surface area contributed by atoms with Crippen molar-refractivity contribution < 1.29 is 8.78 Å². The number of hydrogen-bond donors (Lipinski definition) is 1. The number of halogens is 2. The lowest BCUT2D eigenvalue weighted by molar-refractivity contribution is 0.150. The molecule has 0 aliphatic rings. The summed E-state index contributed by atoms with van der Waals surface area (Å²) in [5.74, 6) is 0. The van der Waals surface area contributed by atoms with Crippen molar-refractivity contribution >= 4 is 5.69 Å². The molecule has 0 aliphatic carbocycles. The van der Waals surface area contributed by atoms with Crippen molar-refractivity contribution in [2.24, 2.45) is 0 Å². The minimum absolute atomic E-state index is 0.107. The topological polar surface area (TPSA) is 86.5 Å². The Morgan fingerprint density at radius 1 is 1.47 bits per heavy atom. The number of hydrogen-bond acceptors (Lipinski definition) is 4. The van der Waals surface area contributed by atoms with E-state index >= 15 is 0 Å². The van der Waals surface area contributed by atoms with E-state index in [0.29, 0.717) is 0 Å². The van der Waals surface area contributed by atoms with E-state index in [9.17, 15) is 8.78 Å². The van der Waals surface area contributed by atoms with Crippen LogP contribution in [0.4, 0.5) is 14.5 Å². The van der Waals surface area contributed by atoms with Crippen LogP contribution in [-0.2, 0) is 6.42 Å². The highest BCUT2D eigenvalue weighted by molar-refractivity contribution is 5.60. The molecular formula is C9H6F2N4. The van der Waals surface area contributed by atoms with Gasteiger partial charge in [0.15, 0.2) is 0 Å². The van der Waals surface area contributed by atoms with Gasteiger partial charge in [-0.3, -0.25) is 4.98 Å². The summed E-state index contributed by atoms with van der Waals surface area (Å²) in [6.07, 6.45) is -2.03. The van der Waals surface area contributed by atoms with Crippen LogP contribution in [0, 0.1) is 22.7 Å². The Hall–Kier alpha value is -2.21. The summed E-state index contributed by atoms with van der Waals surface area (Å²) in [4.78, 5) is 3.62. The number of nitriles is 2.